The number of carbonyl (C=O) groups is 2. The monoisotopic (exact) mass is 514 g/mol. The number of nitrogens with zero attached hydrogens (tertiary/aromatic N) is 1. The summed E-state index contributed by atoms with van der Waals surface area (Å²) < 4.78 is 14.5. The predicted octanol–water partition coefficient (Wildman–Crippen LogP) is 6.09. The summed E-state index contributed by atoms with van der Waals surface area (Å²) in [5.74, 6) is -1.02. The van der Waals surface area contributed by atoms with Crippen molar-refractivity contribution in [2.24, 2.45) is 5.92 Å². The van der Waals surface area contributed by atoms with E-state index in [4.69, 9.17) is 23.2 Å². The molecule has 4 nitrogen and oxygen atoms in total. The van der Waals surface area contributed by atoms with E-state index >= 15 is 0 Å². The molecule has 3 aromatic carbocycles. The fourth-order valence-electron chi connectivity index (χ4n) is 3.74. The van der Waals surface area contributed by atoms with Crippen LogP contribution in [0.5, 0.6) is 0 Å². The number of carbonyl (C=O) groups excluding carboxylic acids is 2. The van der Waals surface area contributed by atoms with E-state index < -0.39 is 17.8 Å². The predicted molar refractivity (Wildman–Crippen MR) is 139 cm³/mol. The van der Waals surface area contributed by atoms with Crippen LogP contribution in [0.2, 0.25) is 10.0 Å². The van der Waals surface area contributed by atoms with Gasteiger partial charge in [0.2, 0.25) is 11.8 Å². The first kappa shape index (κ1) is 26.7. The summed E-state index contributed by atoms with van der Waals surface area (Å²) in [5, 5.41) is 3.61. The summed E-state index contributed by atoms with van der Waals surface area (Å²) in [6.45, 7) is 4.56. The number of amides is 2. The summed E-state index contributed by atoms with van der Waals surface area (Å²) in [4.78, 5) is 28.6. The highest BCUT2D eigenvalue weighted by atomic mass is 35.5. The number of halogens is 3. The maximum atomic E-state index is 14.5. The topological polar surface area (TPSA) is 49.4 Å². The molecule has 0 fully saturated rings. The van der Waals surface area contributed by atoms with Gasteiger partial charge in [0.25, 0.3) is 0 Å². The van der Waals surface area contributed by atoms with Crippen molar-refractivity contribution in [1.82, 2.24) is 10.2 Å². The molecule has 184 valence electrons. The van der Waals surface area contributed by atoms with Crippen molar-refractivity contribution < 1.29 is 14.0 Å². The zero-order chi connectivity index (χ0) is 25.4. The zero-order valence-electron chi connectivity index (χ0n) is 19.8. The van der Waals surface area contributed by atoms with Crippen LogP contribution in [0.3, 0.4) is 0 Å². The molecular weight excluding hydrogens is 486 g/mol. The molecule has 1 atom stereocenters. The Morgan fingerprint density at radius 3 is 2.23 bits per heavy atom. The lowest BCUT2D eigenvalue weighted by Crippen LogP contribution is -2.51. The minimum atomic E-state index is -0.828. The third kappa shape index (κ3) is 7.55. The first-order chi connectivity index (χ1) is 16.8. The molecule has 0 spiro atoms. The van der Waals surface area contributed by atoms with E-state index in [-0.39, 0.29) is 35.4 Å². The maximum Gasteiger partial charge on any atom is 0.243 e. The number of nitrogens with one attached hydrogen (secondary N) is 1. The molecule has 7 heteroatoms. The third-order valence-electron chi connectivity index (χ3n) is 5.64. The van der Waals surface area contributed by atoms with E-state index in [1.807, 2.05) is 56.3 Å². The van der Waals surface area contributed by atoms with Crippen LogP contribution < -0.4 is 5.32 Å². The minimum absolute atomic E-state index is 0.0944. The van der Waals surface area contributed by atoms with Crippen molar-refractivity contribution in [2.75, 3.05) is 6.54 Å². The first-order valence-electron chi connectivity index (χ1n) is 11.5. The molecule has 1 unspecified atom stereocenters. The van der Waals surface area contributed by atoms with Gasteiger partial charge >= 0.3 is 0 Å². The van der Waals surface area contributed by atoms with Crippen molar-refractivity contribution in [3.05, 3.63) is 105 Å². The summed E-state index contributed by atoms with van der Waals surface area (Å²) in [6, 6.07) is 20.1. The molecule has 3 aromatic rings. The van der Waals surface area contributed by atoms with Gasteiger partial charge in [0.05, 0.1) is 6.42 Å². The lowest BCUT2D eigenvalue weighted by Gasteiger charge is -2.32. The number of hydrogen-bond donors (Lipinski definition) is 1. The van der Waals surface area contributed by atoms with E-state index in [0.717, 1.165) is 5.56 Å². The second-order valence-corrected chi connectivity index (χ2v) is 9.65. The van der Waals surface area contributed by atoms with Gasteiger partial charge in [-0.2, -0.15) is 0 Å². The van der Waals surface area contributed by atoms with Gasteiger partial charge in [-0.1, -0.05) is 91.6 Å². The number of hydrogen-bond acceptors (Lipinski definition) is 2. The summed E-state index contributed by atoms with van der Waals surface area (Å²) in [5.41, 5.74) is 1.69. The van der Waals surface area contributed by atoms with Crippen LogP contribution in [-0.4, -0.2) is 29.3 Å². The van der Waals surface area contributed by atoms with Gasteiger partial charge in [0.15, 0.2) is 0 Å². The Hall–Kier alpha value is -2.89. The molecule has 1 N–H and O–H groups in total. The fourth-order valence-corrected chi connectivity index (χ4v) is 4.17. The van der Waals surface area contributed by atoms with Crippen LogP contribution >= 0.6 is 23.2 Å². The largest absolute Gasteiger partial charge is 0.354 e. The first-order valence-corrected chi connectivity index (χ1v) is 12.3. The molecule has 3 rings (SSSR count). The second-order valence-electron chi connectivity index (χ2n) is 8.83. The Morgan fingerprint density at radius 2 is 1.57 bits per heavy atom. The van der Waals surface area contributed by atoms with Crippen molar-refractivity contribution in [3.63, 3.8) is 0 Å². The van der Waals surface area contributed by atoms with Gasteiger partial charge in [-0.3, -0.25) is 9.59 Å². The van der Waals surface area contributed by atoms with Gasteiger partial charge < -0.3 is 10.2 Å². The normalized spacial score (nSPS) is 11.8. The van der Waals surface area contributed by atoms with Crippen LogP contribution in [0.4, 0.5) is 4.39 Å². The quantitative estimate of drug-likeness (QED) is 0.356. The molecule has 0 aromatic heterocycles. The molecule has 0 radical (unpaired) electrons. The summed E-state index contributed by atoms with van der Waals surface area (Å²) in [7, 11) is 0. The van der Waals surface area contributed by atoms with Crippen LogP contribution in [-0.2, 0) is 29.0 Å². The lowest BCUT2D eigenvalue weighted by molar-refractivity contribution is -0.140. The van der Waals surface area contributed by atoms with Gasteiger partial charge in [0, 0.05) is 35.1 Å². The van der Waals surface area contributed by atoms with Crippen LogP contribution in [0.15, 0.2) is 72.8 Å². The van der Waals surface area contributed by atoms with E-state index in [9.17, 15) is 14.0 Å². The summed E-state index contributed by atoms with van der Waals surface area (Å²) >= 11 is 12.6. The van der Waals surface area contributed by atoms with E-state index in [0.29, 0.717) is 23.6 Å². The standard InChI is InChI=1S/C28H29Cl2FN2O2/c1-19(2)17-32-28(35)26(15-20-9-4-3-5-10-20)33(18-21-11-6-7-12-23(21)29)27(34)16-22-24(30)13-8-14-25(22)31/h3-14,19,26H,15-18H2,1-2H3,(H,32,35). The van der Waals surface area contributed by atoms with Crippen molar-refractivity contribution in [3.8, 4) is 0 Å². The van der Waals surface area contributed by atoms with Crippen LogP contribution in [0.25, 0.3) is 0 Å². The van der Waals surface area contributed by atoms with Crippen LogP contribution in [0, 0.1) is 11.7 Å². The molecule has 0 heterocycles. The average molecular weight is 515 g/mol. The van der Waals surface area contributed by atoms with Gasteiger partial charge in [-0.25, -0.2) is 4.39 Å². The molecule has 0 aliphatic carbocycles. The molecule has 0 aliphatic rings. The summed E-state index contributed by atoms with van der Waals surface area (Å²) in [6.07, 6.45) is 0.0185. The SMILES string of the molecule is CC(C)CNC(=O)C(Cc1ccccc1)N(Cc1ccccc1Cl)C(=O)Cc1c(F)cccc1Cl. The Morgan fingerprint density at radius 1 is 0.914 bits per heavy atom. The Balaban J connectivity index is 2.01. The Bertz CT molecular complexity index is 1130. The van der Waals surface area contributed by atoms with Crippen LogP contribution in [0.1, 0.15) is 30.5 Å². The minimum Gasteiger partial charge on any atom is -0.354 e. The Labute approximate surface area is 216 Å². The molecule has 0 aliphatic heterocycles. The third-order valence-corrected chi connectivity index (χ3v) is 6.37. The van der Waals surface area contributed by atoms with Crippen molar-refractivity contribution in [1.29, 1.82) is 0 Å². The molecule has 2 amide bonds. The van der Waals surface area contributed by atoms with Crippen molar-refractivity contribution >= 4 is 35.0 Å². The van der Waals surface area contributed by atoms with Gasteiger partial charge in [-0.15, -0.1) is 0 Å². The highest BCUT2D eigenvalue weighted by molar-refractivity contribution is 6.31. The van der Waals surface area contributed by atoms with E-state index in [1.165, 1.54) is 17.0 Å². The number of rotatable bonds is 10. The van der Waals surface area contributed by atoms with Gasteiger partial charge in [-0.05, 0) is 35.2 Å². The molecule has 0 saturated heterocycles. The number of benzene rings is 3. The lowest BCUT2D eigenvalue weighted by atomic mass is 10.0. The second kappa shape index (κ2) is 12.7. The van der Waals surface area contributed by atoms with E-state index in [1.54, 1.807) is 18.2 Å². The van der Waals surface area contributed by atoms with E-state index in [2.05, 4.69) is 5.32 Å². The fraction of sp³-hybridized carbons (Fsp3) is 0.286. The highest BCUT2D eigenvalue weighted by Gasteiger charge is 2.31. The van der Waals surface area contributed by atoms with Gasteiger partial charge in [0.1, 0.15) is 11.9 Å². The molecular formula is C28H29Cl2FN2O2. The molecule has 0 bridgehead atoms. The van der Waals surface area contributed by atoms with Crippen molar-refractivity contribution in [2.45, 2.75) is 39.3 Å². The maximum absolute atomic E-state index is 14.5. The molecule has 35 heavy (non-hydrogen) atoms. The molecule has 0 saturated carbocycles. The average Bonchev–Trinajstić information content (AvgIpc) is 2.83. The highest BCUT2D eigenvalue weighted by Crippen LogP contribution is 2.24. The Kier molecular flexibility index (Phi) is 9.70. The zero-order valence-corrected chi connectivity index (χ0v) is 21.3. The smallest absolute Gasteiger partial charge is 0.243 e.